The minimum atomic E-state index is 0. The van der Waals surface area contributed by atoms with E-state index in [1.807, 2.05) is 6.07 Å². The minimum Gasteiger partial charge on any atom is -0.780 e. The molecule has 137 valence electrons. The van der Waals surface area contributed by atoms with E-state index in [2.05, 4.69) is 72.8 Å². The van der Waals surface area contributed by atoms with Gasteiger partial charge in [-0.1, -0.05) is 77.9 Å². The first-order chi connectivity index (χ1) is 12.8. The summed E-state index contributed by atoms with van der Waals surface area (Å²) in [5.41, 5.74) is 8.73. The number of hydrogen-bond acceptors (Lipinski definition) is 2. The fourth-order valence-corrected chi connectivity index (χ4v) is 4.35. The third-order valence-electron chi connectivity index (χ3n) is 5.25. The molecule has 0 bridgehead atoms. The number of rotatable bonds is 2. The Morgan fingerprint density at radius 1 is 0.821 bits per heavy atom. The smallest absolute Gasteiger partial charge is 0.0705 e. The molecule has 0 fully saturated rings. The van der Waals surface area contributed by atoms with Crippen molar-refractivity contribution >= 4 is 23.5 Å². The van der Waals surface area contributed by atoms with E-state index in [0.717, 1.165) is 24.1 Å². The normalized spacial score (nSPS) is 14.4. The van der Waals surface area contributed by atoms with Crippen LogP contribution < -0.4 is 0 Å². The molecule has 1 heterocycles. The Bertz CT molecular complexity index is 1120. The largest absolute Gasteiger partial charge is 0.780 e. The molecule has 0 amide bonds. The van der Waals surface area contributed by atoms with E-state index in [9.17, 15) is 0 Å². The molecule has 0 N–H and O–H groups in total. The van der Waals surface area contributed by atoms with Gasteiger partial charge in [0, 0.05) is 50.2 Å². The van der Waals surface area contributed by atoms with E-state index in [4.69, 9.17) is 17.6 Å². The predicted molar refractivity (Wildman–Crippen MR) is 116 cm³/mol. The zero-order chi connectivity index (χ0) is 17.5. The first-order valence-electron chi connectivity index (χ1n) is 8.98. The van der Waals surface area contributed by atoms with Gasteiger partial charge in [0.15, 0.2) is 0 Å². The fraction of sp³-hybridized carbons (Fsp3) is 0.120. The van der Waals surface area contributed by atoms with Crippen molar-refractivity contribution in [1.82, 2.24) is 4.98 Å². The number of nitrogens with zero attached hydrogens (tertiary/aromatic N) is 1. The Morgan fingerprint density at radius 2 is 1.57 bits per heavy atom. The molecule has 1 atom stereocenters. The monoisotopic (exact) mass is 456 g/mol. The summed E-state index contributed by atoms with van der Waals surface area (Å²) in [6, 6.07) is 27.9. The summed E-state index contributed by atoms with van der Waals surface area (Å²) >= 11 is 5.87. The second kappa shape index (κ2) is 8.90. The maximum atomic E-state index is 5.87. The van der Waals surface area contributed by atoms with Crippen LogP contribution >= 0.6 is 0 Å². The van der Waals surface area contributed by atoms with Crippen molar-refractivity contribution < 1.29 is 32.7 Å². The van der Waals surface area contributed by atoms with Gasteiger partial charge in [-0.3, -0.25) is 4.98 Å². The topological polar surface area (TPSA) is 12.9 Å². The molecular weight excluding hydrogens is 435 g/mol. The predicted octanol–water partition coefficient (Wildman–Crippen LogP) is 5.81. The Balaban J connectivity index is 0.00000112. The first-order valence-corrected chi connectivity index (χ1v) is 9.45. The van der Waals surface area contributed by atoms with Crippen LogP contribution in [0.4, 0.5) is 0 Å². The van der Waals surface area contributed by atoms with Crippen LogP contribution in [0.3, 0.4) is 0 Å². The summed E-state index contributed by atoms with van der Waals surface area (Å²) in [5, 5.41) is 1.23. The number of pyridine rings is 1. The standard InChI is InChI=1S/C24H19NS.CH3.Y/c26-24-21-7-3-1-6-18(21)15-19-10-9-16(14-22(19)24)13-20-12-11-17-5-2-4-8-23(17)25-20;;/h1-12,14,24,26H,13,15H2;1H3;/q;-1;/p-1. The average Bonchev–Trinajstić information content (AvgIpc) is 2.69. The van der Waals surface area contributed by atoms with Gasteiger partial charge in [-0.25, -0.2) is 0 Å². The van der Waals surface area contributed by atoms with Crippen molar-refractivity contribution in [2.45, 2.75) is 18.1 Å². The molecule has 1 aliphatic carbocycles. The molecule has 0 saturated heterocycles. The zero-order valence-electron chi connectivity index (χ0n) is 15.9. The number of benzene rings is 3. The van der Waals surface area contributed by atoms with Crippen LogP contribution in [0.2, 0.25) is 0 Å². The van der Waals surface area contributed by atoms with Gasteiger partial charge in [0.1, 0.15) is 0 Å². The van der Waals surface area contributed by atoms with Gasteiger partial charge >= 0.3 is 0 Å². The van der Waals surface area contributed by atoms with Crippen LogP contribution in [0.25, 0.3) is 10.9 Å². The van der Waals surface area contributed by atoms with Crippen molar-refractivity contribution in [3.8, 4) is 0 Å². The third kappa shape index (κ3) is 3.96. The minimum absolute atomic E-state index is 0. The fourth-order valence-electron chi connectivity index (χ4n) is 3.90. The molecule has 28 heavy (non-hydrogen) atoms. The van der Waals surface area contributed by atoms with Crippen LogP contribution in [0, 0.1) is 7.43 Å². The van der Waals surface area contributed by atoms with Gasteiger partial charge in [-0.2, -0.15) is 0 Å². The van der Waals surface area contributed by atoms with Crippen LogP contribution in [0.5, 0.6) is 0 Å². The summed E-state index contributed by atoms with van der Waals surface area (Å²) in [4.78, 5) is 4.81. The maximum absolute atomic E-state index is 5.87. The molecule has 1 aliphatic rings. The molecule has 4 aromatic rings. The van der Waals surface area contributed by atoms with E-state index in [-0.39, 0.29) is 45.4 Å². The molecule has 1 nitrogen and oxygen atoms in total. The van der Waals surface area contributed by atoms with E-state index < -0.39 is 0 Å². The quantitative estimate of drug-likeness (QED) is 0.279. The molecular formula is C25H21NSY-2. The SMILES string of the molecule is [CH3-].[S-]C1c2ccccc2Cc2ccc(Cc3ccc4ccccc4n3)cc21.[Y]. The van der Waals surface area contributed by atoms with E-state index in [1.165, 1.54) is 33.2 Å². The summed E-state index contributed by atoms with van der Waals surface area (Å²) in [7, 11) is 0. The van der Waals surface area contributed by atoms with Gasteiger partial charge in [0.25, 0.3) is 0 Å². The number of hydrogen-bond donors (Lipinski definition) is 0. The number of fused-ring (bicyclic) bond motifs is 3. The molecule has 1 aromatic heterocycles. The Morgan fingerprint density at radius 3 is 2.46 bits per heavy atom. The van der Waals surface area contributed by atoms with Gasteiger partial charge in [-0.05, 0) is 35.2 Å². The Labute approximate surface area is 197 Å². The second-order valence-electron chi connectivity index (χ2n) is 6.96. The molecule has 1 radical (unpaired) electrons. The molecule has 1 unspecified atom stereocenters. The van der Waals surface area contributed by atoms with Crippen molar-refractivity contribution in [3.05, 3.63) is 120 Å². The summed E-state index contributed by atoms with van der Waals surface area (Å²) in [6.07, 6.45) is 1.81. The van der Waals surface area contributed by atoms with Crippen LogP contribution in [0.1, 0.15) is 38.8 Å². The van der Waals surface area contributed by atoms with Crippen molar-refractivity contribution in [3.63, 3.8) is 0 Å². The van der Waals surface area contributed by atoms with Crippen LogP contribution in [-0.2, 0) is 58.2 Å². The van der Waals surface area contributed by atoms with Gasteiger partial charge in [-0.15, -0.1) is 5.25 Å². The van der Waals surface area contributed by atoms with Crippen molar-refractivity contribution in [2.75, 3.05) is 0 Å². The second-order valence-corrected chi connectivity index (χ2v) is 7.43. The van der Waals surface area contributed by atoms with Crippen LogP contribution in [0.15, 0.2) is 78.9 Å². The van der Waals surface area contributed by atoms with Gasteiger partial charge in [0.2, 0.25) is 0 Å². The van der Waals surface area contributed by atoms with Crippen LogP contribution in [-0.4, -0.2) is 4.98 Å². The van der Waals surface area contributed by atoms with Crippen molar-refractivity contribution in [2.24, 2.45) is 0 Å². The molecule has 3 heteroatoms. The van der Waals surface area contributed by atoms with Gasteiger partial charge < -0.3 is 20.1 Å². The number of para-hydroxylation sites is 1. The van der Waals surface area contributed by atoms with E-state index in [1.54, 1.807) is 0 Å². The molecule has 3 aromatic carbocycles. The molecule has 5 rings (SSSR count). The number of aromatic nitrogens is 1. The van der Waals surface area contributed by atoms with Gasteiger partial charge in [0.05, 0.1) is 5.52 Å². The molecule has 0 aliphatic heterocycles. The summed E-state index contributed by atoms with van der Waals surface area (Å²) in [6.45, 7) is 0. The maximum Gasteiger partial charge on any atom is 0.0705 e. The average molecular weight is 456 g/mol. The first kappa shape index (κ1) is 21.2. The van der Waals surface area contributed by atoms with Crippen molar-refractivity contribution in [1.29, 1.82) is 0 Å². The molecule has 0 spiro atoms. The third-order valence-corrected chi connectivity index (χ3v) is 5.76. The zero-order valence-corrected chi connectivity index (χ0v) is 19.6. The summed E-state index contributed by atoms with van der Waals surface area (Å²) < 4.78 is 0. The Hall–Kier alpha value is -1.48. The molecule has 0 saturated carbocycles. The van der Waals surface area contributed by atoms with E-state index in [0.29, 0.717) is 0 Å². The Kier molecular flexibility index (Phi) is 6.75. The summed E-state index contributed by atoms with van der Waals surface area (Å²) in [5.74, 6) is 0. The van der Waals surface area contributed by atoms with E-state index >= 15 is 0 Å².